The molecule has 2 aromatic rings. The van der Waals surface area contributed by atoms with E-state index in [9.17, 15) is 9.90 Å². The van der Waals surface area contributed by atoms with Crippen LogP contribution in [0.3, 0.4) is 0 Å². The summed E-state index contributed by atoms with van der Waals surface area (Å²) >= 11 is 7.70. The SMILES string of the molecule is CSc1nccc(Nc2ccc(Cl)c(C(=O)NCC3(O)CCCCCC3)c2)n1. The number of aliphatic hydroxyl groups is 1. The number of halogens is 1. The Kier molecular flexibility index (Phi) is 7.15. The number of thioether (sulfide) groups is 1. The van der Waals surface area contributed by atoms with Gasteiger partial charge >= 0.3 is 0 Å². The highest BCUT2D eigenvalue weighted by Gasteiger charge is 2.28. The van der Waals surface area contributed by atoms with Gasteiger partial charge in [-0.05, 0) is 43.4 Å². The third kappa shape index (κ3) is 5.59. The maximum absolute atomic E-state index is 12.7. The fourth-order valence-electron chi connectivity index (χ4n) is 3.34. The molecule has 1 heterocycles. The van der Waals surface area contributed by atoms with E-state index >= 15 is 0 Å². The van der Waals surface area contributed by atoms with Gasteiger partial charge in [0.25, 0.3) is 5.91 Å². The van der Waals surface area contributed by atoms with E-state index in [0.29, 0.717) is 40.1 Å². The largest absolute Gasteiger partial charge is 0.388 e. The summed E-state index contributed by atoms with van der Waals surface area (Å²) in [5, 5.41) is 17.8. The molecule has 1 aliphatic carbocycles. The number of nitrogens with one attached hydrogen (secondary N) is 2. The molecular formula is C20H25ClN4O2S. The smallest absolute Gasteiger partial charge is 0.252 e. The van der Waals surface area contributed by atoms with Crippen molar-refractivity contribution in [2.75, 3.05) is 18.1 Å². The molecule has 0 spiro atoms. The zero-order chi connectivity index (χ0) is 20.0. The average molecular weight is 421 g/mol. The Morgan fingerprint density at radius 1 is 1.25 bits per heavy atom. The minimum Gasteiger partial charge on any atom is -0.388 e. The highest BCUT2D eigenvalue weighted by atomic mass is 35.5. The summed E-state index contributed by atoms with van der Waals surface area (Å²) < 4.78 is 0. The maximum atomic E-state index is 12.7. The van der Waals surface area contributed by atoms with Gasteiger partial charge in [0.05, 0.1) is 16.2 Å². The van der Waals surface area contributed by atoms with E-state index in [1.54, 1.807) is 30.5 Å². The van der Waals surface area contributed by atoms with E-state index < -0.39 is 5.60 Å². The number of hydrogen-bond donors (Lipinski definition) is 3. The zero-order valence-corrected chi connectivity index (χ0v) is 17.4. The summed E-state index contributed by atoms with van der Waals surface area (Å²) in [5.74, 6) is 0.347. The summed E-state index contributed by atoms with van der Waals surface area (Å²) in [6, 6.07) is 6.92. The normalized spacial score (nSPS) is 16.2. The lowest BCUT2D eigenvalue weighted by molar-refractivity contribution is 0.0246. The van der Waals surface area contributed by atoms with Gasteiger partial charge in [0.2, 0.25) is 0 Å². The first kappa shape index (κ1) is 20.9. The highest BCUT2D eigenvalue weighted by Crippen LogP contribution is 2.27. The second-order valence-corrected chi connectivity index (χ2v) is 8.25. The van der Waals surface area contributed by atoms with E-state index in [0.717, 1.165) is 25.7 Å². The van der Waals surface area contributed by atoms with Gasteiger partial charge in [-0.25, -0.2) is 9.97 Å². The average Bonchev–Trinajstić information content (AvgIpc) is 2.93. The first-order valence-electron chi connectivity index (χ1n) is 9.43. The summed E-state index contributed by atoms with van der Waals surface area (Å²) in [7, 11) is 0. The van der Waals surface area contributed by atoms with Crippen molar-refractivity contribution in [3.8, 4) is 0 Å². The lowest BCUT2D eigenvalue weighted by Crippen LogP contribution is -2.42. The molecular weight excluding hydrogens is 396 g/mol. The molecule has 150 valence electrons. The van der Waals surface area contributed by atoms with Crippen LogP contribution in [0.25, 0.3) is 0 Å². The van der Waals surface area contributed by atoms with E-state index in [4.69, 9.17) is 11.6 Å². The van der Waals surface area contributed by atoms with E-state index in [1.807, 2.05) is 6.26 Å². The predicted octanol–water partition coefficient (Wildman–Crippen LogP) is 4.41. The Hall–Kier alpha value is -1.83. The van der Waals surface area contributed by atoms with Gasteiger partial charge in [0.15, 0.2) is 5.16 Å². The fraction of sp³-hybridized carbons (Fsp3) is 0.450. The second-order valence-electron chi connectivity index (χ2n) is 7.07. The van der Waals surface area contributed by atoms with Crippen molar-refractivity contribution >= 4 is 40.8 Å². The molecule has 1 aromatic heterocycles. The highest BCUT2D eigenvalue weighted by molar-refractivity contribution is 7.98. The van der Waals surface area contributed by atoms with Crippen molar-refractivity contribution in [3.63, 3.8) is 0 Å². The number of rotatable bonds is 6. The number of amides is 1. The molecule has 0 bridgehead atoms. The number of hydrogen-bond acceptors (Lipinski definition) is 6. The van der Waals surface area contributed by atoms with Crippen LogP contribution in [0.1, 0.15) is 48.9 Å². The van der Waals surface area contributed by atoms with Crippen LogP contribution in [0, 0.1) is 0 Å². The van der Waals surface area contributed by atoms with E-state index in [-0.39, 0.29) is 12.5 Å². The van der Waals surface area contributed by atoms with Crippen molar-refractivity contribution in [1.82, 2.24) is 15.3 Å². The van der Waals surface area contributed by atoms with Crippen LogP contribution in [0.15, 0.2) is 35.6 Å². The summed E-state index contributed by atoms with van der Waals surface area (Å²) in [4.78, 5) is 21.2. The predicted molar refractivity (Wildman–Crippen MR) is 114 cm³/mol. The molecule has 0 radical (unpaired) electrons. The van der Waals surface area contributed by atoms with Gasteiger partial charge in [0.1, 0.15) is 5.82 Å². The fourth-order valence-corrected chi connectivity index (χ4v) is 3.90. The third-order valence-corrected chi connectivity index (χ3v) is 5.80. The van der Waals surface area contributed by atoms with Crippen LogP contribution >= 0.6 is 23.4 Å². The Labute approximate surface area is 174 Å². The van der Waals surface area contributed by atoms with Crippen LogP contribution in [-0.2, 0) is 0 Å². The van der Waals surface area contributed by atoms with Crippen LogP contribution < -0.4 is 10.6 Å². The quantitative estimate of drug-likeness (QED) is 0.364. The minimum absolute atomic E-state index is 0.239. The van der Waals surface area contributed by atoms with Crippen molar-refractivity contribution in [1.29, 1.82) is 0 Å². The van der Waals surface area contributed by atoms with Crippen molar-refractivity contribution < 1.29 is 9.90 Å². The molecule has 3 N–H and O–H groups in total. The van der Waals surface area contributed by atoms with E-state index in [1.165, 1.54) is 11.8 Å². The molecule has 1 amide bonds. The molecule has 1 aromatic carbocycles. The van der Waals surface area contributed by atoms with Gasteiger partial charge in [-0.15, -0.1) is 0 Å². The van der Waals surface area contributed by atoms with Crippen LogP contribution in [0.2, 0.25) is 5.02 Å². The van der Waals surface area contributed by atoms with Gasteiger partial charge in [0, 0.05) is 18.4 Å². The summed E-state index contributed by atoms with van der Waals surface area (Å²) in [6.45, 7) is 0.239. The lowest BCUT2D eigenvalue weighted by atomic mass is 9.94. The molecule has 0 saturated heterocycles. The topological polar surface area (TPSA) is 87.1 Å². The molecule has 0 aliphatic heterocycles. The van der Waals surface area contributed by atoms with Gasteiger partial charge in [-0.2, -0.15) is 0 Å². The van der Waals surface area contributed by atoms with Crippen LogP contribution in [0.4, 0.5) is 11.5 Å². The molecule has 1 saturated carbocycles. The van der Waals surface area contributed by atoms with Crippen LogP contribution in [-0.4, -0.2) is 39.4 Å². The second kappa shape index (κ2) is 9.58. The minimum atomic E-state index is -0.830. The molecule has 1 aliphatic rings. The first-order chi connectivity index (χ1) is 13.5. The summed E-state index contributed by atoms with van der Waals surface area (Å²) in [6.07, 6.45) is 9.27. The Bertz CT molecular complexity index is 826. The molecule has 0 atom stereocenters. The number of carbonyl (C=O) groups excluding carboxylic acids is 1. The number of carbonyl (C=O) groups is 1. The molecule has 8 heteroatoms. The number of anilines is 2. The maximum Gasteiger partial charge on any atom is 0.252 e. The van der Waals surface area contributed by atoms with Crippen molar-refractivity contribution in [2.24, 2.45) is 0 Å². The molecule has 6 nitrogen and oxygen atoms in total. The summed E-state index contributed by atoms with van der Waals surface area (Å²) in [5.41, 5.74) is 0.237. The van der Waals surface area contributed by atoms with Crippen molar-refractivity contribution in [3.05, 3.63) is 41.0 Å². The van der Waals surface area contributed by atoms with Gasteiger partial charge < -0.3 is 15.7 Å². The number of benzene rings is 1. The van der Waals surface area contributed by atoms with Gasteiger partial charge in [-0.1, -0.05) is 49.0 Å². The molecule has 0 unspecified atom stereocenters. The zero-order valence-electron chi connectivity index (χ0n) is 15.9. The molecule has 1 fully saturated rings. The Morgan fingerprint density at radius 2 is 2.00 bits per heavy atom. The number of nitrogens with zero attached hydrogens (tertiary/aromatic N) is 2. The first-order valence-corrected chi connectivity index (χ1v) is 11.0. The lowest BCUT2D eigenvalue weighted by Gasteiger charge is -2.27. The van der Waals surface area contributed by atoms with E-state index in [2.05, 4.69) is 20.6 Å². The van der Waals surface area contributed by atoms with Crippen molar-refractivity contribution in [2.45, 2.75) is 49.3 Å². The third-order valence-electron chi connectivity index (χ3n) is 4.91. The Balaban J connectivity index is 1.68. The number of aromatic nitrogens is 2. The monoisotopic (exact) mass is 420 g/mol. The molecule has 28 heavy (non-hydrogen) atoms. The molecule has 3 rings (SSSR count). The van der Waals surface area contributed by atoms with Gasteiger partial charge in [-0.3, -0.25) is 4.79 Å². The Morgan fingerprint density at radius 3 is 2.71 bits per heavy atom. The van der Waals surface area contributed by atoms with Crippen LogP contribution in [0.5, 0.6) is 0 Å². The standard InChI is InChI=1S/C20H25ClN4O2S/c1-28-19-22-11-8-17(25-19)24-14-6-7-16(21)15(12-14)18(26)23-13-20(27)9-4-2-3-5-10-20/h6-8,11-12,27H,2-5,9-10,13H2,1H3,(H,23,26)(H,22,24,25).